The van der Waals surface area contributed by atoms with Gasteiger partial charge < -0.3 is 18.8 Å². The van der Waals surface area contributed by atoms with Gasteiger partial charge in [-0.15, -0.1) is 10.2 Å². The van der Waals surface area contributed by atoms with E-state index in [1.807, 2.05) is 48.5 Å². The second-order valence-corrected chi connectivity index (χ2v) is 9.32. The molecule has 0 atom stereocenters. The molecule has 0 radical (unpaired) electrons. The Morgan fingerprint density at radius 1 is 0.611 bits per heavy atom. The van der Waals surface area contributed by atoms with Crippen LogP contribution in [0.3, 0.4) is 0 Å². The molecule has 0 aliphatic heterocycles. The van der Waals surface area contributed by atoms with E-state index in [9.17, 15) is 0 Å². The van der Waals surface area contributed by atoms with E-state index in [-0.39, 0.29) is 0 Å². The smallest absolute Gasteiger partial charge is 0.250 e. The number of para-hydroxylation sites is 1. The van der Waals surface area contributed by atoms with Crippen molar-refractivity contribution in [3.8, 4) is 28.6 Å². The highest BCUT2D eigenvalue weighted by atomic mass is 16.4. The molecule has 0 bridgehead atoms. The highest BCUT2D eigenvalue weighted by molar-refractivity contribution is 6.11. The summed E-state index contributed by atoms with van der Waals surface area (Å²) in [6.45, 7) is 0. The Hall–Kier alpha value is -4.58. The van der Waals surface area contributed by atoms with Crippen LogP contribution in [0.5, 0.6) is 0 Å². The van der Waals surface area contributed by atoms with Crippen molar-refractivity contribution in [3.63, 3.8) is 0 Å². The first-order valence-electron chi connectivity index (χ1n) is 11.9. The quantitative estimate of drug-likeness (QED) is 0.281. The minimum absolute atomic E-state index is 0.495. The first-order valence-corrected chi connectivity index (χ1v) is 11.9. The van der Waals surface area contributed by atoms with E-state index in [1.165, 1.54) is 10.8 Å². The molecular weight excluding hydrogens is 446 g/mol. The molecule has 6 nitrogen and oxygen atoms in total. The second-order valence-electron chi connectivity index (χ2n) is 9.32. The molecule has 178 valence electrons. The molecule has 6 heteroatoms. The van der Waals surface area contributed by atoms with Crippen molar-refractivity contribution in [2.24, 2.45) is 0 Å². The number of fused-ring (bicyclic) bond motifs is 3. The van der Waals surface area contributed by atoms with Crippen LogP contribution in [0.25, 0.3) is 50.4 Å². The summed E-state index contributed by atoms with van der Waals surface area (Å²) in [6.07, 6.45) is 0. The van der Waals surface area contributed by atoms with E-state index in [4.69, 9.17) is 4.42 Å². The number of rotatable bonds is 5. The Balaban J connectivity index is 1.60. The van der Waals surface area contributed by atoms with Crippen LogP contribution in [0, 0.1) is 0 Å². The summed E-state index contributed by atoms with van der Waals surface area (Å²) in [5.41, 5.74) is 7.36. The van der Waals surface area contributed by atoms with Crippen molar-refractivity contribution in [2.75, 3.05) is 38.0 Å². The molecule has 0 unspecified atom stereocenters. The molecule has 0 aliphatic rings. The predicted octanol–water partition coefficient (Wildman–Crippen LogP) is 6.63. The molecular formula is C30H27N5O. The van der Waals surface area contributed by atoms with Gasteiger partial charge in [0.15, 0.2) is 0 Å². The average Bonchev–Trinajstić information content (AvgIpc) is 3.52. The van der Waals surface area contributed by atoms with Crippen molar-refractivity contribution in [3.05, 3.63) is 91.0 Å². The lowest BCUT2D eigenvalue weighted by atomic mass is 10.1. The Kier molecular flexibility index (Phi) is 5.22. The number of hydrogen-bond donors (Lipinski definition) is 0. The number of nitrogens with zero attached hydrogens (tertiary/aromatic N) is 5. The van der Waals surface area contributed by atoms with Crippen LogP contribution < -0.4 is 9.80 Å². The molecule has 0 spiro atoms. The summed E-state index contributed by atoms with van der Waals surface area (Å²) in [7, 11) is 8.28. The van der Waals surface area contributed by atoms with Crippen LogP contribution in [-0.4, -0.2) is 43.0 Å². The van der Waals surface area contributed by atoms with E-state index in [2.05, 4.69) is 95.2 Å². The zero-order valence-electron chi connectivity index (χ0n) is 20.8. The fraction of sp³-hybridized carbons (Fsp3) is 0.133. The van der Waals surface area contributed by atoms with E-state index < -0.39 is 0 Å². The zero-order chi connectivity index (χ0) is 24.8. The molecule has 0 amide bonds. The summed E-state index contributed by atoms with van der Waals surface area (Å²) >= 11 is 0. The monoisotopic (exact) mass is 473 g/mol. The SMILES string of the molecule is CN(C)c1ccc2c(c1)c1cc(N(C)C)ccc1n2-c1ccccc1-c1nnc(-c2ccccc2)o1. The van der Waals surface area contributed by atoms with Gasteiger partial charge in [0.1, 0.15) is 0 Å². The molecule has 0 saturated carbocycles. The van der Waals surface area contributed by atoms with Crippen molar-refractivity contribution in [2.45, 2.75) is 0 Å². The molecule has 0 N–H and O–H groups in total. The topological polar surface area (TPSA) is 50.3 Å². The van der Waals surface area contributed by atoms with Crippen molar-refractivity contribution in [1.82, 2.24) is 14.8 Å². The molecule has 6 aromatic rings. The Bertz CT molecular complexity index is 1630. The standard InChI is InChI=1S/C30H27N5O/c1-33(2)21-14-16-27-24(18-21)25-19-22(34(3)4)15-17-28(25)35(27)26-13-9-8-12-23(26)30-32-31-29(36-30)20-10-6-5-7-11-20/h5-19H,1-4H3. The molecule has 2 heterocycles. The lowest BCUT2D eigenvalue weighted by Crippen LogP contribution is -2.08. The number of anilines is 2. The first-order chi connectivity index (χ1) is 17.5. The molecule has 0 aliphatic carbocycles. The summed E-state index contributed by atoms with van der Waals surface area (Å²) in [5, 5.41) is 11.2. The van der Waals surface area contributed by atoms with Crippen LogP contribution >= 0.6 is 0 Å². The summed E-state index contributed by atoms with van der Waals surface area (Å²) in [5.74, 6) is 1.00. The van der Waals surface area contributed by atoms with Crippen molar-refractivity contribution >= 4 is 33.2 Å². The Morgan fingerprint density at radius 3 is 1.78 bits per heavy atom. The first kappa shape index (κ1) is 21.9. The van der Waals surface area contributed by atoms with Gasteiger partial charge in [-0.05, 0) is 60.7 Å². The molecule has 0 saturated heterocycles. The maximum absolute atomic E-state index is 6.17. The highest BCUT2D eigenvalue weighted by Crippen LogP contribution is 2.38. The van der Waals surface area contributed by atoms with Gasteiger partial charge in [-0.3, -0.25) is 0 Å². The fourth-order valence-corrected chi connectivity index (χ4v) is 4.69. The van der Waals surface area contributed by atoms with E-state index in [0.717, 1.165) is 39.2 Å². The molecule has 0 fully saturated rings. The van der Waals surface area contributed by atoms with Crippen LogP contribution in [0.2, 0.25) is 0 Å². The maximum atomic E-state index is 6.17. The van der Waals surface area contributed by atoms with Gasteiger partial charge in [0.25, 0.3) is 0 Å². The van der Waals surface area contributed by atoms with Gasteiger partial charge in [-0.25, -0.2) is 0 Å². The van der Waals surface area contributed by atoms with Gasteiger partial charge in [0.2, 0.25) is 11.8 Å². The molecule has 2 aromatic heterocycles. The minimum atomic E-state index is 0.495. The molecule has 4 aromatic carbocycles. The number of hydrogen-bond acceptors (Lipinski definition) is 5. The van der Waals surface area contributed by atoms with E-state index in [1.54, 1.807) is 0 Å². The van der Waals surface area contributed by atoms with Crippen molar-refractivity contribution in [1.29, 1.82) is 0 Å². The van der Waals surface area contributed by atoms with Crippen LogP contribution in [0.4, 0.5) is 11.4 Å². The Morgan fingerprint density at radius 2 is 1.17 bits per heavy atom. The van der Waals surface area contributed by atoms with Gasteiger partial charge >= 0.3 is 0 Å². The summed E-state index contributed by atoms with van der Waals surface area (Å²) in [4.78, 5) is 4.27. The second kappa shape index (κ2) is 8.57. The summed E-state index contributed by atoms with van der Waals surface area (Å²) in [6, 6.07) is 31.3. The van der Waals surface area contributed by atoms with Crippen molar-refractivity contribution < 1.29 is 4.42 Å². The predicted molar refractivity (Wildman–Crippen MR) is 148 cm³/mol. The lowest BCUT2D eigenvalue weighted by molar-refractivity contribution is 0.584. The van der Waals surface area contributed by atoms with Gasteiger partial charge in [-0.1, -0.05) is 30.3 Å². The summed E-state index contributed by atoms with van der Waals surface area (Å²) < 4.78 is 8.47. The van der Waals surface area contributed by atoms with Crippen LogP contribution in [0.1, 0.15) is 0 Å². The third kappa shape index (κ3) is 3.58. The maximum Gasteiger partial charge on any atom is 0.250 e. The third-order valence-corrected chi connectivity index (χ3v) is 6.59. The normalized spacial score (nSPS) is 11.3. The highest BCUT2D eigenvalue weighted by Gasteiger charge is 2.19. The van der Waals surface area contributed by atoms with Gasteiger partial charge in [-0.2, -0.15) is 0 Å². The number of aromatic nitrogens is 3. The molecule has 36 heavy (non-hydrogen) atoms. The van der Waals surface area contributed by atoms with Gasteiger partial charge in [0.05, 0.1) is 22.3 Å². The average molecular weight is 474 g/mol. The fourth-order valence-electron chi connectivity index (χ4n) is 4.69. The molecule has 6 rings (SSSR count). The van der Waals surface area contributed by atoms with E-state index in [0.29, 0.717) is 11.8 Å². The number of benzene rings is 4. The van der Waals surface area contributed by atoms with Crippen LogP contribution in [-0.2, 0) is 0 Å². The van der Waals surface area contributed by atoms with E-state index >= 15 is 0 Å². The Labute approximate surface area is 210 Å². The lowest BCUT2D eigenvalue weighted by Gasteiger charge is -2.14. The largest absolute Gasteiger partial charge is 0.416 e. The van der Waals surface area contributed by atoms with Gasteiger partial charge in [0, 0.05) is 55.9 Å². The third-order valence-electron chi connectivity index (χ3n) is 6.59. The minimum Gasteiger partial charge on any atom is -0.416 e. The zero-order valence-corrected chi connectivity index (χ0v) is 20.8. The van der Waals surface area contributed by atoms with Crippen LogP contribution in [0.15, 0.2) is 95.4 Å².